The summed E-state index contributed by atoms with van der Waals surface area (Å²) >= 11 is 1.32. The molecule has 1 aliphatic heterocycles. The second kappa shape index (κ2) is 8.57. The molecule has 1 amide bonds. The van der Waals surface area contributed by atoms with Crippen molar-refractivity contribution in [1.82, 2.24) is 25.2 Å². The summed E-state index contributed by atoms with van der Waals surface area (Å²) in [7, 11) is 0. The Balaban J connectivity index is 1.41. The fourth-order valence-corrected chi connectivity index (χ4v) is 3.86. The summed E-state index contributed by atoms with van der Waals surface area (Å²) < 4.78 is 1.66. The van der Waals surface area contributed by atoms with Gasteiger partial charge in [0.05, 0.1) is 23.7 Å². The third-order valence-electron chi connectivity index (χ3n) is 4.77. The number of hydrogen-bond donors (Lipinski definition) is 0. The minimum Gasteiger partial charge on any atom is -0.272 e. The Labute approximate surface area is 173 Å². The number of hydrazone groups is 1. The number of carbonyl (C=O) groups excluding carboxylic acids is 1. The van der Waals surface area contributed by atoms with E-state index in [9.17, 15) is 4.79 Å². The number of hydrogen-bond acceptors (Lipinski definition) is 6. The molecule has 8 heteroatoms. The molecule has 2 aromatic carbocycles. The number of rotatable bonds is 6. The normalized spacial score (nSPS) is 13.8. The number of thioether (sulfide) groups is 1. The molecule has 0 saturated heterocycles. The van der Waals surface area contributed by atoms with Crippen LogP contribution in [0.15, 0.2) is 64.9 Å². The van der Waals surface area contributed by atoms with Crippen molar-refractivity contribution >= 4 is 23.4 Å². The van der Waals surface area contributed by atoms with E-state index in [4.69, 9.17) is 0 Å². The second-order valence-corrected chi connectivity index (χ2v) is 8.03. The number of benzene rings is 2. The van der Waals surface area contributed by atoms with Crippen LogP contribution in [0.4, 0.5) is 0 Å². The minimum absolute atomic E-state index is 0.0503. The van der Waals surface area contributed by atoms with Gasteiger partial charge < -0.3 is 0 Å². The Morgan fingerprint density at radius 1 is 1.10 bits per heavy atom. The molecular formula is C21H22N6OS. The molecule has 0 atom stereocenters. The number of amides is 1. The van der Waals surface area contributed by atoms with Gasteiger partial charge in [-0.05, 0) is 39.6 Å². The first-order chi connectivity index (χ1) is 14.1. The van der Waals surface area contributed by atoms with Crippen molar-refractivity contribution in [2.75, 3.05) is 12.3 Å². The molecule has 0 N–H and O–H groups in total. The quantitative estimate of drug-likeness (QED) is 0.586. The molecule has 0 radical (unpaired) electrons. The van der Waals surface area contributed by atoms with Crippen molar-refractivity contribution in [1.29, 1.82) is 0 Å². The van der Waals surface area contributed by atoms with Gasteiger partial charge in [0.2, 0.25) is 5.16 Å². The molecule has 7 nitrogen and oxygen atoms in total. The van der Waals surface area contributed by atoms with E-state index < -0.39 is 0 Å². The Morgan fingerprint density at radius 2 is 1.86 bits per heavy atom. The van der Waals surface area contributed by atoms with Crippen LogP contribution >= 0.6 is 11.8 Å². The summed E-state index contributed by atoms with van der Waals surface area (Å²) in [5, 5.41) is 18.5. The van der Waals surface area contributed by atoms with Crippen molar-refractivity contribution < 1.29 is 4.79 Å². The Hall–Kier alpha value is -3.00. The SMILES string of the molecule is CC(C)c1ccc(-n2nnnc2SCC(=O)N2CCC(c3ccccc3)=N2)cc1. The molecule has 4 rings (SSSR count). The van der Waals surface area contributed by atoms with Gasteiger partial charge in [0.25, 0.3) is 5.91 Å². The van der Waals surface area contributed by atoms with Gasteiger partial charge in [0.1, 0.15) is 0 Å². The zero-order valence-corrected chi connectivity index (χ0v) is 17.2. The van der Waals surface area contributed by atoms with Crippen LogP contribution in [0.25, 0.3) is 5.69 Å². The highest BCUT2D eigenvalue weighted by atomic mass is 32.2. The van der Waals surface area contributed by atoms with Crippen molar-refractivity contribution in [3.05, 3.63) is 65.7 Å². The van der Waals surface area contributed by atoms with E-state index in [0.717, 1.165) is 23.4 Å². The van der Waals surface area contributed by atoms with E-state index in [-0.39, 0.29) is 11.7 Å². The average Bonchev–Trinajstić information content (AvgIpc) is 3.42. The van der Waals surface area contributed by atoms with E-state index in [1.807, 2.05) is 42.5 Å². The van der Waals surface area contributed by atoms with Crippen LogP contribution in [0.1, 0.15) is 37.3 Å². The molecule has 0 aliphatic carbocycles. The lowest BCUT2D eigenvalue weighted by molar-refractivity contribution is -0.127. The van der Waals surface area contributed by atoms with Gasteiger partial charge >= 0.3 is 0 Å². The average molecular weight is 407 g/mol. The largest absolute Gasteiger partial charge is 0.272 e. The van der Waals surface area contributed by atoms with Crippen LogP contribution < -0.4 is 0 Å². The van der Waals surface area contributed by atoms with Crippen molar-refractivity contribution in [3.8, 4) is 5.69 Å². The lowest BCUT2D eigenvalue weighted by Crippen LogP contribution is -2.25. The Bertz CT molecular complexity index is 1010. The minimum atomic E-state index is -0.0503. The van der Waals surface area contributed by atoms with Gasteiger partial charge in [0.15, 0.2) is 0 Å². The van der Waals surface area contributed by atoms with E-state index >= 15 is 0 Å². The highest BCUT2D eigenvalue weighted by Crippen LogP contribution is 2.22. The highest BCUT2D eigenvalue weighted by molar-refractivity contribution is 7.99. The zero-order chi connectivity index (χ0) is 20.2. The molecule has 2 heterocycles. The first kappa shape index (κ1) is 19.3. The zero-order valence-electron chi connectivity index (χ0n) is 16.4. The summed E-state index contributed by atoms with van der Waals surface area (Å²) in [6, 6.07) is 18.1. The number of tetrazole rings is 1. The van der Waals surface area contributed by atoms with Gasteiger partial charge in [-0.3, -0.25) is 4.79 Å². The predicted octanol–water partition coefficient (Wildman–Crippen LogP) is 3.51. The van der Waals surface area contributed by atoms with Gasteiger partial charge in [-0.15, -0.1) is 5.10 Å². The molecular weight excluding hydrogens is 384 g/mol. The summed E-state index contributed by atoms with van der Waals surface area (Å²) in [5.74, 6) is 0.646. The van der Waals surface area contributed by atoms with Crippen LogP contribution in [0.3, 0.4) is 0 Å². The molecule has 0 saturated carbocycles. The van der Waals surface area contributed by atoms with Gasteiger partial charge in [0, 0.05) is 6.42 Å². The lowest BCUT2D eigenvalue weighted by atomic mass is 10.0. The van der Waals surface area contributed by atoms with Crippen molar-refractivity contribution in [2.24, 2.45) is 5.10 Å². The van der Waals surface area contributed by atoms with Crippen LogP contribution in [-0.2, 0) is 4.79 Å². The molecule has 1 aromatic heterocycles. The Morgan fingerprint density at radius 3 is 2.59 bits per heavy atom. The van der Waals surface area contributed by atoms with Gasteiger partial charge in [-0.2, -0.15) is 9.78 Å². The molecule has 0 unspecified atom stereocenters. The van der Waals surface area contributed by atoms with Crippen molar-refractivity contribution in [3.63, 3.8) is 0 Å². The van der Waals surface area contributed by atoms with E-state index in [1.165, 1.54) is 17.3 Å². The number of aromatic nitrogens is 4. The second-order valence-electron chi connectivity index (χ2n) is 7.09. The monoisotopic (exact) mass is 406 g/mol. The number of nitrogens with zero attached hydrogens (tertiary/aromatic N) is 6. The van der Waals surface area contributed by atoms with Gasteiger partial charge in [-0.25, -0.2) is 5.01 Å². The lowest BCUT2D eigenvalue weighted by Gasteiger charge is -2.11. The summed E-state index contributed by atoms with van der Waals surface area (Å²) in [6.45, 7) is 4.91. The maximum atomic E-state index is 12.6. The molecule has 0 bridgehead atoms. The third kappa shape index (κ3) is 4.37. The number of carbonyl (C=O) groups is 1. The fraction of sp³-hybridized carbons (Fsp3) is 0.286. The molecule has 0 fully saturated rings. The first-order valence-electron chi connectivity index (χ1n) is 9.56. The van der Waals surface area contributed by atoms with E-state index in [1.54, 1.807) is 9.69 Å². The third-order valence-corrected chi connectivity index (χ3v) is 5.67. The first-order valence-corrected chi connectivity index (χ1v) is 10.5. The summed E-state index contributed by atoms with van der Waals surface area (Å²) in [4.78, 5) is 12.6. The standard InChI is InChI=1S/C21H22N6OS/c1-15(2)16-8-10-18(11-9-16)27-21(22-24-25-27)29-14-20(28)26-13-12-19(23-26)17-6-4-3-5-7-17/h3-11,15H,12-14H2,1-2H3. The topological polar surface area (TPSA) is 76.3 Å². The molecule has 0 spiro atoms. The van der Waals surface area contributed by atoms with Gasteiger partial charge in [-0.1, -0.05) is 68.1 Å². The van der Waals surface area contributed by atoms with Crippen LogP contribution in [0, 0.1) is 0 Å². The molecule has 148 valence electrons. The highest BCUT2D eigenvalue weighted by Gasteiger charge is 2.22. The summed E-state index contributed by atoms with van der Waals surface area (Å²) in [6.07, 6.45) is 0.764. The molecule has 1 aliphatic rings. The maximum Gasteiger partial charge on any atom is 0.253 e. The Kier molecular flexibility index (Phi) is 5.71. The maximum absolute atomic E-state index is 12.6. The molecule has 3 aromatic rings. The van der Waals surface area contributed by atoms with Crippen molar-refractivity contribution in [2.45, 2.75) is 31.3 Å². The summed E-state index contributed by atoms with van der Waals surface area (Å²) in [5.41, 5.74) is 4.13. The molecule has 29 heavy (non-hydrogen) atoms. The fourth-order valence-electron chi connectivity index (χ4n) is 3.10. The predicted molar refractivity (Wildman–Crippen MR) is 113 cm³/mol. The van der Waals surface area contributed by atoms with E-state index in [0.29, 0.717) is 17.6 Å². The van der Waals surface area contributed by atoms with E-state index in [2.05, 4.69) is 46.6 Å². The van der Waals surface area contributed by atoms with Crippen LogP contribution in [-0.4, -0.2) is 49.1 Å². The van der Waals surface area contributed by atoms with Crippen LogP contribution in [0.2, 0.25) is 0 Å². The smallest absolute Gasteiger partial charge is 0.253 e. The van der Waals surface area contributed by atoms with Crippen LogP contribution in [0.5, 0.6) is 0 Å².